The molecule has 0 heterocycles. The van der Waals surface area contributed by atoms with Gasteiger partial charge in [-0.25, -0.2) is 4.39 Å². The molecule has 3 heteroatoms. The molecular formula is C16H15FO2. The van der Waals surface area contributed by atoms with Gasteiger partial charge in [0, 0.05) is 5.56 Å². The number of benzene rings is 2. The normalized spacial score (nSPS) is 10.3. The second-order valence-electron chi connectivity index (χ2n) is 4.45. The second kappa shape index (κ2) is 5.22. The van der Waals surface area contributed by atoms with Crippen molar-refractivity contribution in [3.05, 3.63) is 64.5 Å². The van der Waals surface area contributed by atoms with Crippen molar-refractivity contribution in [2.75, 3.05) is 7.11 Å². The Morgan fingerprint density at radius 1 is 1.11 bits per heavy atom. The predicted molar refractivity (Wildman–Crippen MR) is 72.3 cm³/mol. The standard InChI is InChI=1S/C16H15FO2/c1-10-7-8-12(9-11(10)2)16(18)15-13(17)5-4-6-14(15)19-3/h4-9H,1-3H3. The Kier molecular flexibility index (Phi) is 3.65. The van der Waals surface area contributed by atoms with Gasteiger partial charge in [0.05, 0.1) is 7.11 Å². The second-order valence-corrected chi connectivity index (χ2v) is 4.45. The molecule has 0 saturated heterocycles. The first-order chi connectivity index (χ1) is 9.04. The van der Waals surface area contributed by atoms with Crippen LogP contribution in [0.1, 0.15) is 27.0 Å². The lowest BCUT2D eigenvalue weighted by Crippen LogP contribution is -2.07. The van der Waals surface area contributed by atoms with E-state index in [0.717, 1.165) is 11.1 Å². The number of hydrogen-bond acceptors (Lipinski definition) is 2. The third kappa shape index (κ3) is 2.50. The van der Waals surface area contributed by atoms with Crippen LogP contribution in [0.15, 0.2) is 36.4 Å². The first kappa shape index (κ1) is 13.3. The first-order valence-electron chi connectivity index (χ1n) is 5.99. The van der Waals surface area contributed by atoms with Gasteiger partial charge >= 0.3 is 0 Å². The number of aryl methyl sites for hydroxylation is 2. The SMILES string of the molecule is COc1cccc(F)c1C(=O)c1ccc(C)c(C)c1. The summed E-state index contributed by atoms with van der Waals surface area (Å²) in [7, 11) is 1.42. The van der Waals surface area contributed by atoms with Crippen LogP contribution in [0.5, 0.6) is 5.75 Å². The molecule has 19 heavy (non-hydrogen) atoms. The van der Waals surface area contributed by atoms with Crippen molar-refractivity contribution in [3.63, 3.8) is 0 Å². The lowest BCUT2D eigenvalue weighted by molar-refractivity contribution is 0.103. The van der Waals surface area contributed by atoms with Gasteiger partial charge in [-0.05, 0) is 43.2 Å². The molecule has 0 unspecified atom stereocenters. The average molecular weight is 258 g/mol. The molecule has 0 N–H and O–H groups in total. The number of ether oxygens (including phenoxy) is 1. The van der Waals surface area contributed by atoms with E-state index in [-0.39, 0.29) is 17.1 Å². The van der Waals surface area contributed by atoms with Gasteiger partial charge in [0.25, 0.3) is 0 Å². The summed E-state index contributed by atoms with van der Waals surface area (Å²) >= 11 is 0. The Labute approximate surface area is 111 Å². The first-order valence-corrected chi connectivity index (χ1v) is 5.99. The number of methoxy groups -OCH3 is 1. The van der Waals surface area contributed by atoms with Crippen LogP contribution in [-0.2, 0) is 0 Å². The maximum atomic E-state index is 13.9. The summed E-state index contributed by atoms with van der Waals surface area (Å²) in [5.41, 5.74) is 2.54. The molecule has 2 aromatic rings. The van der Waals surface area contributed by atoms with Gasteiger partial charge < -0.3 is 4.74 Å². The lowest BCUT2D eigenvalue weighted by Gasteiger charge is -2.09. The number of rotatable bonds is 3. The number of hydrogen-bond donors (Lipinski definition) is 0. The van der Waals surface area contributed by atoms with Gasteiger partial charge in [0.15, 0.2) is 5.78 Å². The van der Waals surface area contributed by atoms with Gasteiger partial charge in [-0.2, -0.15) is 0 Å². The Hall–Kier alpha value is -2.16. The molecule has 0 spiro atoms. The zero-order valence-electron chi connectivity index (χ0n) is 11.2. The van der Waals surface area contributed by atoms with Crippen molar-refractivity contribution < 1.29 is 13.9 Å². The van der Waals surface area contributed by atoms with E-state index in [1.54, 1.807) is 18.2 Å². The van der Waals surface area contributed by atoms with Crippen LogP contribution in [-0.4, -0.2) is 12.9 Å². The van der Waals surface area contributed by atoms with Crippen LogP contribution in [0.25, 0.3) is 0 Å². The summed E-state index contributed by atoms with van der Waals surface area (Å²) in [5, 5.41) is 0. The Bertz CT molecular complexity index is 633. The highest BCUT2D eigenvalue weighted by Gasteiger charge is 2.19. The molecule has 0 atom stereocenters. The van der Waals surface area contributed by atoms with Crippen LogP contribution in [0.2, 0.25) is 0 Å². The van der Waals surface area contributed by atoms with E-state index in [9.17, 15) is 9.18 Å². The van der Waals surface area contributed by atoms with E-state index < -0.39 is 5.82 Å². The summed E-state index contributed by atoms with van der Waals surface area (Å²) in [6.07, 6.45) is 0. The lowest BCUT2D eigenvalue weighted by atomic mass is 9.98. The zero-order valence-corrected chi connectivity index (χ0v) is 11.2. The van der Waals surface area contributed by atoms with Crippen molar-refractivity contribution >= 4 is 5.78 Å². The molecule has 0 aliphatic carbocycles. The zero-order chi connectivity index (χ0) is 14.0. The van der Waals surface area contributed by atoms with E-state index in [0.29, 0.717) is 5.56 Å². The third-order valence-electron chi connectivity index (χ3n) is 3.19. The molecule has 0 aromatic heterocycles. The molecule has 2 nitrogen and oxygen atoms in total. The Morgan fingerprint density at radius 3 is 2.47 bits per heavy atom. The van der Waals surface area contributed by atoms with Gasteiger partial charge in [0.1, 0.15) is 17.1 Å². The topological polar surface area (TPSA) is 26.3 Å². The van der Waals surface area contributed by atoms with Crippen molar-refractivity contribution in [2.45, 2.75) is 13.8 Å². The molecule has 2 rings (SSSR count). The highest BCUT2D eigenvalue weighted by Crippen LogP contribution is 2.25. The fourth-order valence-corrected chi connectivity index (χ4v) is 1.92. The van der Waals surface area contributed by atoms with Gasteiger partial charge in [-0.3, -0.25) is 4.79 Å². The molecular weight excluding hydrogens is 243 g/mol. The van der Waals surface area contributed by atoms with Crippen molar-refractivity contribution in [1.82, 2.24) is 0 Å². The molecule has 0 bridgehead atoms. The molecule has 0 fully saturated rings. The Balaban J connectivity index is 2.52. The summed E-state index contributed by atoms with van der Waals surface area (Å²) in [6.45, 7) is 3.89. The molecule has 0 amide bonds. The fourth-order valence-electron chi connectivity index (χ4n) is 1.92. The summed E-state index contributed by atoms with van der Waals surface area (Å²) < 4.78 is 18.9. The minimum Gasteiger partial charge on any atom is -0.496 e. The molecule has 0 saturated carbocycles. The van der Waals surface area contributed by atoms with Crippen LogP contribution in [0.3, 0.4) is 0 Å². The highest BCUT2D eigenvalue weighted by atomic mass is 19.1. The average Bonchev–Trinajstić information content (AvgIpc) is 2.40. The monoisotopic (exact) mass is 258 g/mol. The third-order valence-corrected chi connectivity index (χ3v) is 3.19. The van der Waals surface area contributed by atoms with E-state index in [1.165, 1.54) is 19.2 Å². The van der Waals surface area contributed by atoms with Gasteiger partial charge in [-0.1, -0.05) is 18.2 Å². The molecule has 0 aliphatic rings. The number of halogens is 1. The van der Waals surface area contributed by atoms with E-state index >= 15 is 0 Å². The number of carbonyl (C=O) groups excluding carboxylic acids is 1. The quantitative estimate of drug-likeness (QED) is 0.785. The maximum absolute atomic E-state index is 13.9. The minimum atomic E-state index is -0.567. The molecule has 2 aromatic carbocycles. The highest BCUT2D eigenvalue weighted by molar-refractivity contribution is 6.11. The number of ketones is 1. The van der Waals surface area contributed by atoms with Crippen LogP contribution in [0.4, 0.5) is 4.39 Å². The largest absolute Gasteiger partial charge is 0.496 e. The van der Waals surface area contributed by atoms with Gasteiger partial charge in [-0.15, -0.1) is 0 Å². The van der Waals surface area contributed by atoms with E-state index in [2.05, 4.69) is 0 Å². The number of carbonyl (C=O) groups is 1. The Morgan fingerprint density at radius 2 is 1.84 bits per heavy atom. The fraction of sp³-hybridized carbons (Fsp3) is 0.188. The summed E-state index contributed by atoms with van der Waals surface area (Å²) in [6, 6.07) is 9.69. The van der Waals surface area contributed by atoms with Crippen LogP contribution < -0.4 is 4.74 Å². The summed E-state index contributed by atoms with van der Waals surface area (Å²) in [5.74, 6) is -0.677. The van der Waals surface area contributed by atoms with Crippen molar-refractivity contribution in [3.8, 4) is 5.75 Å². The molecule has 0 aliphatic heterocycles. The predicted octanol–water partition coefficient (Wildman–Crippen LogP) is 3.68. The smallest absolute Gasteiger partial charge is 0.199 e. The molecule has 0 radical (unpaired) electrons. The van der Waals surface area contributed by atoms with E-state index in [1.807, 2.05) is 19.9 Å². The van der Waals surface area contributed by atoms with E-state index in [4.69, 9.17) is 4.74 Å². The van der Waals surface area contributed by atoms with Crippen molar-refractivity contribution in [2.24, 2.45) is 0 Å². The maximum Gasteiger partial charge on any atom is 0.199 e. The minimum absolute atomic E-state index is 0.0201. The molecule has 98 valence electrons. The summed E-state index contributed by atoms with van der Waals surface area (Å²) in [4.78, 5) is 12.4. The van der Waals surface area contributed by atoms with Crippen molar-refractivity contribution in [1.29, 1.82) is 0 Å². The van der Waals surface area contributed by atoms with Gasteiger partial charge in [0.2, 0.25) is 0 Å². The van der Waals surface area contributed by atoms with Crippen LogP contribution in [0, 0.1) is 19.7 Å². The van der Waals surface area contributed by atoms with Crippen LogP contribution >= 0.6 is 0 Å².